The van der Waals surface area contributed by atoms with Gasteiger partial charge in [-0.3, -0.25) is 14.5 Å². The van der Waals surface area contributed by atoms with Gasteiger partial charge in [-0.25, -0.2) is 0 Å². The SMILES string of the molecule is CC(NC(=O)CCC(=O)N1CCN(Cc2ccc3c(c2)OCO3)CC1)c1ccccc1. The van der Waals surface area contributed by atoms with Crippen molar-refractivity contribution >= 4 is 11.8 Å². The summed E-state index contributed by atoms with van der Waals surface area (Å²) in [5, 5.41) is 2.97. The van der Waals surface area contributed by atoms with Gasteiger partial charge in [-0.15, -0.1) is 0 Å². The lowest BCUT2D eigenvalue weighted by atomic mass is 10.1. The molecule has 2 amide bonds. The number of benzene rings is 2. The van der Waals surface area contributed by atoms with E-state index in [1.165, 1.54) is 5.56 Å². The lowest BCUT2D eigenvalue weighted by Crippen LogP contribution is -2.48. The molecule has 2 aliphatic rings. The normalized spacial score (nSPS) is 16.7. The van der Waals surface area contributed by atoms with Gasteiger partial charge in [-0.2, -0.15) is 0 Å². The van der Waals surface area contributed by atoms with E-state index in [2.05, 4.69) is 16.3 Å². The topological polar surface area (TPSA) is 71.1 Å². The second-order valence-corrected chi connectivity index (χ2v) is 8.04. The smallest absolute Gasteiger partial charge is 0.231 e. The molecule has 0 spiro atoms. The molecule has 2 aromatic carbocycles. The molecule has 2 aromatic rings. The van der Waals surface area contributed by atoms with Crippen molar-refractivity contribution in [1.29, 1.82) is 0 Å². The molecule has 164 valence electrons. The predicted molar refractivity (Wildman–Crippen MR) is 117 cm³/mol. The maximum absolute atomic E-state index is 12.5. The predicted octanol–water partition coefficient (Wildman–Crippen LogP) is 2.72. The quantitative estimate of drug-likeness (QED) is 0.742. The molecule has 31 heavy (non-hydrogen) atoms. The molecule has 2 aliphatic heterocycles. The average Bonchev–Trinajstić information content (AvgIpc) is 3.26. The molecule has 0 aliphatic carbocycles. The Labute approximate surface area is 182 Å². The van der Waals surface area contributed by atoms with E-state index in [0.29, 0.717) is 13.1 Å². The average molecular weight is 424 g/mol. The van der Waals surface area contributed by atoms with Crippen LogP contribution in [0.4, 0.5) is 0 Å². The van der Waals surface area contributed by atoms with E-state index >= 15 is 0 Å². The van der Waals surface area contributed by atoms with Gasteiger partial charge in [-0.05, 0) is 30.2 Å². The molecule has 4 rings (SSSR count). The van der Waals surface area contributed by atoms with Crippen LogP contribution in [0.25, 0.3) is 0 Å². The van der Waals surface area contributed by atoms with Crippen LogP contribution < -0.4 is 14.8 Å². The van der Waals surface area contributed by atoms with E-state index in [0.717, 1.165) is 36.7 Å². The zero-order valence-corrected chi connectivity index (χ0v) is 17.9. The number of hydrogen-bond donors (Lipinski definition) is 1. The highest BCUT2D eigenvalue weighted by Gasteiger charge is 2.22. The van der Waals surface area contributed by atoms with E-state index in [1.807, 2.05) is 54.3 Å². The number of nitrogens with zero attached hydrogens (tertiary/aromatic N) is 2. The zero-order valence-electron chi connectivity index (χ0n) is 17.9. The number of nitrogens with one attached hydrogen (secondary N) is 1. The number of fused-ring (bicyclic) bond motifs is 1. The van der Waals surface area contributed by atoms with Crippen molar-refractivity contribution in [3.05, 3.63) is 59.7 Å². The summed E-state index contributed by atoms with van der Waals surface area (Å²) >= 11 is 0. The molecule has 1 saturated heterocycles. The minimum absolute atomic E-state index is 0.0465. The number of amides is 2. The van der Waals surface area contributed by atoms with E-state index in [9.17, 15) is 9.59 Å². The summed E-state index contributed by atoms with van der Waals surface area (Å²) in [4.78, 5) is 29.0. The first-order valence-electron chi connectivity index (χ1n) is 10.8. The Hall–Kier alpha value is -3.06. The highest BCUT2D eigenvalue weighted by Crippen LogP contribution is 2.32. The van der Waals surface area contributed by atoms with Crippen molar-refractivity contribution in [2.45, 2.75) is 32.4 Å². The maximum Gasteiger partial charge on any atom is 0.231 e. The van der Waals surface area contributed by atoms with Crippen LogP contribution in [-0.4, -0.2) is 54.6 Å². The molecule has 1 atom stereocenters. The number of rotatable bonds is 7. The first kappa shape index (κ1) is 21.2. The second-order valence-electron chi connectivity index (χ2n) is 8.04. The largest absolute Gasteiger partial charge is 0.454 e. The van der Waals surface area contributed by atoms with Crippen LogP contribution in [-0.2, 0) is 16.1 Å². The van der Waals surface area contributed by atoms with Crippen molar-refractivity contribution in [2.24, 2.45) is 0 Å². The molecule has 1 fully saturated rings. The van der Waals surface area contributed by atoms with Gasteiger partial charge in [-0.1, -0.05) is 36.4 Å². The third-order valence-electron chi connectivity index (χ3n) is 5.81. The van der Waals surface area contributed by atoms with E-state index in [1.54, 1.807) is 0 Å². The summed E-state index contributed by atoms with van der Waals surface area (Å²) in [6, 6.07) is 15.8. The van der Waals surface area contributed by atoms with E-state index < -0.39 is 0 Å². The highest BCUT2D eigenvalue weighted by atomic mass is 16.7. The molecule has 7 nitrogen and oxygen atoms in total. The molecule has 1 unspecified atom stereocenters. The maximum atomic E-state index is 12.5. The third kappa shape index (κ3) is 5.55. The number of hydrogen-bond acceptors (Lipinski definition) is 5. The Morgan fingerprint density at radius 2 is 1.71 bits per heavy atom. The molecule has 0 aromatic heterocycles. The van der Waals surface area contributed by atoms with Crippen LogP contribution in [0.1, 0.15) is 36.9 Å². The Balaban J connectivity index is 1.17. The Bertz CT molecular complexity index is 910. The van der Waals surface area contributed by atoms with Gasteiger partial charge in [0.2, 0.25) is 18.6 Å². The first-order valence-corrected chi connectivity index (χ1v) is 10.8. The second kappa shape index (κ2) is 9.83. The molecule has 0 bridgehead atoms. The number of piperazine rings is 1. The van der Waals surface area contributed by atoms with Crippen LogP contribution in [0.2, 0.25) is 0 Å². The van der Waals surface area contributed by atoms with Crippen LogP contribution in [0.3, 0.4) is 0 Å². The van der Waals surface area contributed by atoms with Crippen LogP contribution in [0.5, 0.6) is 11.5 Å². The summed E-state index contributed by atoms with van der Waals surface area (Å²) < 4.78 is 10.8. The van der Waals surface area contributed by atoms with Gasteiger partial charge in [0.1, 0.15) is 0 Å². The molecule has 7 heteroatoms. The van der Waals surface area contributed by atoms with Crippen LogP contribution in [0.15, 0.2) is 48.5 Å². The fourth-order valence-corrected chi connectivity index (χ4v) is 3.97. The molecular weight excluding hydrogens is 394 g/mol. The van der Waals surface area contributed by atoms with E-state index in [4.69, 9.17) is 9.47 Å². The summed E-state index contributed by atoms with van der Waals surface area (Å²) in [6.07, 6.45) is 0.461. The molecular formula is C24H29N3O4. The number of ether oxygens (including phenoxy) is 2. The zero-order chi connectivity index (χ0) is 21.6. The molecule has 2 heterocycles. The summed E-state index contributed by atoms with van der Waals surface area (Å²) in [7, 11) is 0. The lowest BCUT2D eigenvalue weighted by molar-refractivity contribution is -0.135. The minimum atomic E-state index is -0.0915. The summed E-state index contributed by atoms with van der Waals surface area (Å²) in [5.74, 6) is 1.55. The monoisotopic (exact) mass is 423 g/mol. The minimum Gasteiger partial charge on any atom is -0.454 e. The molecule has 0 saturated carbocycles. The Kier molecular flexibility index (Phi) is 6.72. The van der Waals surface area contributed by atoms with Gasteiger partial charge in [0.25, 0.3) is 0 Å². The van der Waals surface area contributed by atoms with Gasteiger partial charge in [0.15, 0.2) is 11.5 Å². The number of carbonyl (C=O) groups is 2. The van der Waals surface area contributed by atoms with Gasteiger partial charge >= 0.3 is 0 Å². The fraction of sp³-hybridized carbons (Fsp3) is 0.417. The Morgan fingerprint density at radius 3 is 2.48 bits per heavy atom. The highest BCUT2D eigenvalue weighted by molar-refractivity contribution is 5.84. The first-order chi connectivity index (χ1) is 15.1. The van der Waals surface area contributed by atoms with Crippen molar-refractivity contribution in [1.82, 2.24) is 15.1 Å². The molecule has 1 N–H and O–H groups in total. The van der Waals surface area contributed by atoms with Crippen molar-refractivity contribution in [3.63, 3.8) is 0 Å². The Morgan fingerprint density at radius 1 is 0.968 bits per heavy atom. The number of carbonyl (C=O) groups excluding carboxylic acids is 2. The molecule has 0 radical (unpaired) electrons. The van der Waals surface area contributed by atoms with Crippen molar-refractivity contribution < 1.29 is 19.1 Å². The summed E-state index contributed by atoms with van der Waals surface area (Å²) in [6.45, 7) is 6.06. The van der Waals surface area contributed by atoms with Crippen LogP contribution >= 0.6 is 0 Å². The third-order valence-corrected chi connectivity index (χ3v) is 5.81. The van der Waals surface area contributed by atoms with Crippen LogP contribution in [0, 0.1) is 0 Å². The van der Waals surface area contributed by atoms with E-state index in [-0.39, 0.29) is 37.5 Å². The van der Waals surface area contributed by atoms with Crippen molar-refractivity contribution in [3.8, 4) is 11.5 Å². The van der Waals surface area contributed by atoms with Crippen molar-refractivity contribution in [2.75, 3.05) is 33.0 Å². The van der Waals surface area contributed by atoms with Gasteiger partial charge in [0, 0.05) is 45.6 Å². The standard InChI is InChI=1S/C24H29N3O4/c1-18(20-5-3-2-4-6-20)25-23(28)9-10-24(29)27-13-11-26(12-14-27)16-19-7-8-21-22(15-19)31-17-30-21/h2-8,15,18H,9-14,16-17H2,1H3,(H,25,28). The summed E-state index contributed by atoms with van der Waals surface area (Å²) in [5.41, 5.74) is 2.23. The lowest BCUT2D eigenvalue weighted by Gasteiger charge is -2.34. The van der Waals surface area contributed by atoms with Gasteiger partial charge < -0.3 is 19.7 Å². The fourth-order valence-electron chi connectivity index (χ4n) is 3.97. The van der Waals surface area contributed by atoms with Gasteiger partial charge in [0.05, 0.1) is 6.04 Å².